The van der Waals surface area contributed by atoms with Crippen molar-refractivity contribution in [2.45, 2.75) is 69.0 Å². The maximum absolute atomic E-state index is 10.3. The Labute approximate surface area is 145 Å². The SMILES string of the molecule is COC1CC2C(CCN3CC4C(CCC(O)C4OC)CC23)CC1O. The van der Waals surface area contributed by atoms with E-state index >= 15 is 0 Å². The second-order valence-corrected chi connectivity index (χ2v) is 8.59. The molecule has 2 saturated carbocycles. The van der Waals surface area contributed by atoms with Crippen molar-refractivity contribution in [1.82, 2.24) is 4.90 Å². The average Bonchev–Trinajstić information content (AvgIpc) is 2.59. The Morgan fingerprint density at radius 1 is 0.833 bits per heavy atom. The normalized spacial score (nSPS) is 52.2. The zero-order valence-electron chi connectivity index (χ0n) is 15.0. The highest BCUT2D eigenvalue weighted by Crippen LogP contribution is 2.48. The van der Waals surface area contributed by atoms with Gasteiger partial charge in [-0.3, -0.25) is 4.90 Å². The summed E-state index contributed by atoms with van der Waals surface area (Å²) in [6.45, 7) is 2.19. The Morgan fingerprint density at radius 3 is 2.38 bits per heavy atom. The van der Waals surface area contributed by atoms with Crippen molar-refractivity contribution in [2.75, 3.05) is 27.3 Å². The number of ether oxygens (including phenoxy) is 2. The molecule has 0 aromatic rings. The summed E-state index contributed by atoms with van der Waals surface area (Å²) in [5.41, 5.74) is 0. The van der Waals surface area contributed by atoms with Crippen LogP contribution >= 0.6 is 0 Å². The lowest BCUT2D eigenvalue weighted by Gasteiger charge is -2.57. The highest BCUT2D eigenvalue weighted by Gasteiger charge is 2.51. The first-order valence-corrected chi connectivity index (χ1v) is 9.78. The van der Waals surface area contributed by atoms with Gasteiger partial charge in [0.1, 0.15) is 0 Å². The number of methoxy groups -OCH3 is 2. The first kappa shape index (κ1) is 17.2. The molecule has 4 fully saturated rings. The molecule has 0 aromatic heterocycles. The standard InChI is InChI=1S/C19H33NO4/c1-23-18-9-13-12(8-17(18)22)5-6-20-10-14-11(7-15(13)20)3-4-16(21)19(14)24-2/h11-19,21-22H,3-10H2,1-2H3. The van der Waals surface area contributed by atoms with Crippen LogP contribution in [0.3, 0.4) is 0 Å². The van der Waals surface area contributed by atoms with Crippen LogP contribution in [0.1, 0.15) is 38.5 Å². The molecule has 2 heterocycles. The number of hydrogen-bond donors (Lipinski definition) is 2. The second-order valence-electron chi connectivity index (χ2n) is 8.59. The number of nitrogens with zero attached hydrogens (tertiary/aromatic N) is 1. The van der Waals surface area contributed by atoms with Crippen LogP contribution in [-0.2, 0) is 9.47 Å². The molecule has 5 nitrogen and oxygen atoms in total. The first-order chi connectivity index (χ1) is 11.6. The van der Waals surface area contributed by atoms with Crippen LogP contribution in [0.5, 0.6) is 0 Å². The molecule has 4 rings (SSSR count). The van der Waals surface area contributed by atoms with E-state index in [1.807, 2.05) is 0 Å². The van der Waals surface area contributed by atoms with Gasteiger partial charge in [-0.25, -0.2) is 0 Å². The quantitative estimate of drug-likeness (QED) is 0.793. The van der Waals surface area contributed by atoms with Gasteiger partial charge in [-0.1, -0.05) is 0 Å². The van der Waals surface area contributed by atoms with Gasteiger partial charge in [0, 0.05) is 32.7 Å². The summed E-state index contributed by atoms with van der Waals surface area (Å²) in [5, 5.41) is 20.6. The van der Waals surface area contributed by atoms with E-state index in [0.29, 0.717) is 29.7 Å². The Morgan fingerprint density at radius 2 is 1.62 bits per heavy atom. The van der Waals surface area contributed by atoms with Crippen molar-refractivity contribution in [3.05, 3.63) is 0 Å². The average molecular weight is 339 g/mol. The fourth-order valence-electron chi connectivity index (χ4n) is 6.41. The first-order valence-electron chi connectivity index (χ1n) is 9.78. The number of rotatable bonds is 2. The molecule has 2 saturated heterocycles. The predicted octanol–water partition coefficient (Wildman–Crippen LogP) is 1.27. The van der Waals surface area contributed by atoms with E-state index in [1.165, 1.54) is 12.8 Å². The summed E-state index contributed by atoms with van der Waals surface area (Å²) in [5.74, 6) is 2.45. The predicted molar refractivity (Wildman–Crippen MR) is 90.6 cm³/mol. The largest absolute Gasteiger partial charge is 0.390 e. The smallest absolute Gasteiger partial charge is 0.0873 e. The van der Waals surface area contributed by atoms with Crippen molar-refractivity contribution in [1.29, 1.82) is 0 Å². The van der Waals surface area contributed by atoms with Crippen molar-refractivity contribution < 1.29 is 19.7 Å². The minimum atomic E-state index is -0.298. The number of piperidine rings is 2. The molecule has 138 valence electrons. The van der Waals surface area contributed by atoms with Crippen LogP contribution in [0.15, 0.2) is 0 Å². The van der Waals surface area contributed by atoms with Gasteiger partial charge in [0.05, 0.1) is 24.4 Å². The summed E-state index contributed by atoms with van der Waals surface area (Å²) in [7, 11) is 3.48. The molecule has 2 aliphatic heterocycles. The highest BCUT2D eigenvalue weighted by molar-refractivity contribution is 5.03. The van der Waals surface area contributed by atoms with E-state index in [2.05, 4.69) is 4.90 Å². The molecule has 2 aliphatic carbocycles. The molecule has 5 heteroatoms. The maximum atomic E-state index is 10.3. The van der Waals surface area contributed by atoms with Crippen molar-refractivity contribution in [2.24, 2.45) is 23.7 Å². The number of fused-ring (bicyclic) bond motifs is 4. The highest BCUT2D eigenvalue weighted by atomic mass is 16.5. The lowest BCUT2D eigenvalue weighted by Crippen LogP contribution is -2.62. The van der Waals surface area contributed by atoms with Crippen LogP contribution in [0, 0.1) is 23.7 Å². The lowest BCUT2D eigenvalue weighted by atomic mass is 9.62. The Balaban J connectivity index is 1.51. The number of aliphatic hydroxyl groups excluding tert-OH is 2. The second kappa shape index (κ2) is 6.84. The molecule has 9 unspecified atom stereocenters. The van der Waals surface area contributed by atoms with E-state index in [0.717, 1.165) is 38.8 Å². The van der Waals surface area contributed by atoms with E-state index in [4.69, 9.17) is 9.47 Å². The van der Waals surface area contributed by atoms with Gasteiger partial charge in [0.25, 0.3) is 0 Å². The van der Waals surface area contributed by atoms with E-state index in [1.54, 1.807) is 14.2 Å². The fraction of sp³-hybridized carbons (Fsp3) is 1.00. The molecule has 0 spiro atoms. The third-order valence-electron chi connectivity index (χ3n) is 7.64. The summed E-state index contributed by atoms with van der Waals surface area (Å²) in [6, 6.07) is 0.628. The van der Waals surface area contributed by atoms with E-state index < -0.39 is 0 Å². The molecule has 9 atom stereocenters. The summed E-state index contributed by atoms with van der Waals surface area (Å²) in [4.78, 5) is 2.66. The van der Waals surface area contributed by atoms with Gasteiger partial charge in [-0.2, -0.15) is 0 Å². The van der Waals surface area contributed by atoms with Gasteiger partial charge in [0.15, 0.2) is 0 Å². The minimum absolute atomic E-state index is 0.00215. The van der Waals surface area contributed by atoms with Gasteiger partial charge >= 0.3 is 0 Å². The summed E-state index contributed by atoms with van der Waals surface area (Å²) < 4.78 is 11.2. The van der Waals surface area contributed by atoms with Gasteiger partial charge in [0.2, 0.25) is 0 Å². The molecular formula is C19H33NO4. The molecule has 0 radical (unpaired) electrons. The zero-order chi connectivity index (χ0) is 16.8. The Bertz CT molecular complexity index is 447. The molecule has 0 amide bonds. The number of aliphatic hydroxyl groups is 2. The van der Waals surface area contributed by atoms with Crippen LogP contribution in [0.25, 0.3) is 0 Å². The van der Waals surface area contributed by atoms with Crippen LogP contribution in [0.2, 0.25) is 0 Å². The summed E-state index contributed by atoms with van der Waals surface area (Å²) in [6.07, 6.45) is 5.74. The van der Waals surface area contributed by atoms with Crippen LogP contribution in [0.4, 0.5) is 0 Å². The molecular weight excluding hydrogens is 306 g/mol. The van der Waals surface area contributed by atoms with E-state index in [-0.39, 0.29) is 24.4 Å². The maximum Gasteiger partial charge on any atom is 0.0873 e. The van der Waals surface area contributed by atoms with Crippen molar-refractivity contribution in [3.8, 4) is 0 Å². The summed E-state index contributed by atoms with van der Waals surface area (Å²) >= 11 is 0. The van der Waals surface area contributed by atoms with Crippen LogP contribution in [-0.4, -0.2) is 72.9 Å². The Hall–Kier alpha value is -0.200. The monoisotopic (exact) mass is 339 g/mol. The van der Waals surface area contributed by atoms with Gasteiger partial charge < -0.3 is 19.7 Å². The van der Waals surface area contributed by atoms with E-state index in [9.17, 15) is 10.2 Å². The minimum Gasteiger partial charge on any atom is -0.390 e. The zero-order valence-corrected chi connectivity index (χ0v) is 15.0. The van der Waals surface area contributed by atoms with Crippen LogP contribution < -0.4 is 0 Å². The number of hydrogen-bond acceptors (Lipinski definition) is 5. The third kappa shape index (κ3) is 2.82. The molecule has 0 bridgehead atoms. The molecule has 2 N–H and O–H groups in total. The third-order valence-corrected chi connectivity index (χ3v) is 7.64. The molecule has 0 aromatic carbocycles. The van der Waals surface area contributed by atoms with Gasteiger partial charge in [-0.15, -0.1) is 0 Å². The lowest BCUT2D eigenvalue weighted by molar-refractivity contribution is -0.150. The topological polar surface area (TPSA) is 62.2 Å². The van der Waals surface area contributed by atoms with Gasteiger partial charge in [-0.05, 0) is 62.8 Å². The molecule has 4 aliphatic rings. The Kier molecular flexibility index (Phi) is 4.91. The van der Waals surface area contributed by atoms with Crippen molar-refractivity contribution >= 4 is 0 Å². The molecule has 24 heavy (non-hydrogen) atoms. The fourth-order valence-corrected chi connectivity index (χ4v) is 6.41. The van der Waals surface area contributed by atoms with Crippen molar-refractivity contribution in [3.63, 3.8) is 0 Å².